The highest BCUT2D eigenvalue weighted by Crippen LogP contribution is 2.27. The van der Waals surface area contributed by atoms with Crippen LogP contribution >= 0.6 is 11.3 Å². The molecular weight excluding hydrogens is 371 g/mol. The highest BCUT2D eigenvalue weighted by Gasteiger charge is 2.36. The molecule has 1 aromatic carbocycles. The predicted molar refractivity (Wildman–Crippen MR) is 96.5 cm³/mol. The Balaban J connectivity index is 1.35. The molecule has 27 heavy (non-hydrogen) atoms. The molecule has 1 saturated heterocycles. The lowest BCUT2D eigenvalue weighted by molar-refractivity contribution is -0.149. The van der Waals surface area contributed by atoms with Gasteiger partial charge in [0.25, 0.3) is 0 Å². The van der Waals surface area contributed by atoms with Crippen molar-refractivity contribution in [2.45, 2.75) is 13.0 Å². The number of carbonyl (C=O) groups excluding carboxylic acids is 2. The molecule has 6 nitrogen and oxygen atoms in total. The van der Waals surface area contributed by atoms with Crippen LogP contribution in [0, 0.1) is 11.7 Å². The second-order valence-corrected chi connectivity index (χ2v) is 7.10. The van der Waals surface area contributed by atoms with E-state index < -0.39 is 11.9 Å². The third-order valence-corrected chi connectivity index (χ3v) is 5.17. The van der Waals surface area contributed by atoms with Crippen molar-refractivity contribution in [2.24, 2.45) is 5.92 Å². The molecule has 1 aliphatic heterocycles. The van der Waals surface area contributed by atoms with Gasteiger partial charge in [-0.3, -0.25) is 9.59 Å². The maximum atomic E-state index is 13.0. The summed E-state index contributed by atoms with van der Waals surface area (Å²) in [6, 6.07) is 11.1. The van der Waals surface area contributed by atoms with E-state index in [9.17, 15) is 14.0 Å². The van der Waals surface area contributed by atoms with Gasteiger partial charge in [-0.25, -0.2) is 4.39 Å². The smallest absolute Gasteiger partial charge is 0.311 e. The average molecular weight is 386 g/mol. The number of thiophene rings is 1. The first-order valence-electron chi connectivity index (χ1n) is 8.32. The predicted octanol–water partition coefficient (Wildman–Crippen LogP) is 3.64. The van der Waals surface area contributed by atoms with Crippen molar-refractivity contribution in [1.29, 1.82) is 0 Å². The van der Waals surface area contributed by atoms with Crippen LogP contribution in [0.2, 0.25) is 0 Å². The average Bonchev–Trinajstić information content (AvgIpc) is 3.41. The minimum Gasteiger partial charge on any atom is -0.459 e. The molecule has 8 heteroatoms. The number of benzene rings is 1. The molecule has 0 aliphatic carbocycles. The molecule has 1 fully saturated rings. The Morgan fingerprint density at radius 3 is 2.89 bits per heavy atom. The Labute approximate surface area is 158 Å². The van der Waals surface area contributed by atoms with Crippen LogP contribution in [0.3, 0.4) is 0 Å². The van der Waals surface area contributed by atoms with Crippen LogP contribution < -0.4 is 4.90 Å². The molecule has 0 N–H and O–H groups in total. The summed E-state index contributed by atoms with van der Waals surface area (Å²) in [5.41, 5.74) is 1.07. The molecule has 0 spiro atoms. The first-order valence-corrected chi connectivity index (χ1v) is 9.20. The molecule has 2 aromatic heterocycles. The van der Waals surface area contributed by atoms with Crippen molar-refractivity contribution in [3.05, 3.63) is 59.4 Å². The van der Waals surface area contributed by atoms with Crippen molar-refractivity contribution in [1.82, 2.24) is 5.16 Å². The zero-order valence-electron chi connectivity index (χ0n) is 14.1. The highest BCUT2D eigenvalue weighted by atomic mass is 32.1. The van der Waals surface area contributed by atoms with Crippen molar-refractivity contribution in [3.63, 3.8) is 0 Å². The largest absolute Gasteiger partial charge is 0.459 e. The van der Waals surface area contributed by atoms with E-state index in [4.69, 9.17) is 9.26 Å². The van der Waals surface area contributed by atoms with Crippen LogP contribution in [0.4, 0.5) is 10.1 Å². The zero-order valence-corrected chi connectivity index (χ0v) is 14.9. The summed E-state index contributed by atoms with van der Waals surface area (Å²) in [6.45, 7) is 0.192. The molecule has 1 unspecified atom stereocenters. The van der Waals surface area contributed by atoms with Crippen LogP contribution in [0.5, 0.6) is 0 Å². The standard InChI is InChI=1S/C19H15FN2O4S/c20-13-3-5-15(6-4-13)22-10-12(8-18(22)23)19(24)25-11-14-9-16(26-21-14)17-2-1-7-27-17/h1-7,9,12H,8,10-11H2. The van der Waals surface area contributed by atoms with Gasteiger partial charge in [-0.1, -0.05) is 11.2 Å². The molecular formula is C19H15FN2O4S. The van der Waals surface area contributed by atoms with Gasteiger partial charge in [0.05, 0.1) is 10.8 Å². The van der Waals surface area contributed by atoms with E-state index in [0.29, 0.717) is 17.1 Å². The van der Waals surface area contributed by atoms with Crippen molar-refractivity contribution in [2.75, 3.05) is 11.4 Å². The maximum Gasteiger partial charge on any atom is 0.311 e. The molecule has 0 bridgehead atoms. The number of esters is 1. The SMILES string of the molecule is O=C(OCc1cc(-c2cccs2)on1)C1CC(=O)N(c2ccc(F)cc2)C1. The Bertz CT molecular complexity index is 953. The van der Waals surface area contributed by atoms with Crippen LogP contribution in [0.1, 0.15) is 12.1 Å². The number of rotatable bonds is 5. The number of anilines is 1. The second kappa shape index (κ2) is 7.32. The van der Waals surface area contributed by atoms with E-state index >= 15 is 0 Å². The van der Waals surface area contributed by atoms with Gasteiger partial charge in [0.15, 0.2) is 5.76 Å². The van der Waals surface area contributed by atoms with Gasteiger partial charge in [0.2, 0.25) is 5.91 Å². The van der Waals surface area contributed by atoms with E-state index in [0.717, 1.165) is 4.88 Å². The van der Waals surface area contributed by atoms with E-state index in [2.05, 4.69) is 5.16 Å². The fourth-order valence-corrected chi connectivity index (χ4v) is 3.59. The van der Waals surface area contributed by atoms with E-state index in [1.165, 1.54) is 40.5 Å². The monoisotopic (exact) mass is 386 g/mol. The Morgan fingerprint density at radius 2 is 2.15 bits per heavy atom. The minimum absolute atomic E-state index is 0.0189. The van der Waals surface area contributed by atoms with Gasteiger partial charge < -0.3 is 14.2 Å². The van der Waals surface area contributed by atoms with Crippen molar-refractivity contribution < 1.29 is 23.2 Å². The summed E-state index contributed by atoms with van der Waals surface area (Å²) in [5, 5.41) is 5.83. The van der Waals surface area contributed by atoms with E-state index in [1.807, 2.05) is 17.5 Å². The van der Waals surface area contributed by atoms with Crippen LogP contribution in [-0.4, -0.2) is 23.6 Å². The lowest BCUT2D eigenvalue weighted by Crippen LogP contribution is -2.26. The van der Waals surface area contributed by atoms with Crippen molar-refractivity contribution >= 4 is 28.9 Å². The maximum absolute atomic E-state index is 13.0. The highest BCUT2D eigenvalue weighted by molar-refractivity contribution is 7.13. The molecule has 1 atom stereocenters. The molecule has 4 rings (SSSR count). The van der Waals surface area contributed by atoms with Gasteiger partial charge in [0, 0.05) is 24.7 Å². The molecule has 1 aliphatic rings. The number of nitrogens with zero attached hydrogens (tertiary/aromatic N) is 2. The Hall–Kier alpha value is -3.00. The molecule has 0 radical (unpaired) electrons. The van der Waals surface area contributed by atoms with Crippen LogP contribution in [-0.2, 0) is 20.9 Å². The first-order chi connectivity index (χ1) is 13.1. The molecule has 1 amide bonds. The molecule has 3 heterocycles. The fourth-order valence-electron chi connectivity index (χ4n) is 2.91. The quantitative estimate of drug-likeness (QED) is 0.626. The summed E-state index contributed by atoms with van der Waals surface area (Å²) >= 11 is 1.53. The third-order valence-electron chi connectivity index (χ3n) is 4.28. The number of aromatic nitrogens is 1. The first kappa shape index (κ1) is 17.4. The summed E-state index contributed by atoms with van der Waals surface area (Å²) in [7, 11) is 0. The third kappa shape index (κ3) is 3.75. The second-order valence-electron chi connectivity index (χ2n) is 6.15. The number of ether oxygens (including phenoxy) is 1. The van der Waals surface area contributed by atoms with Crippen LogP contribution in [0.15, 0.2) is 52.4 Å². The van der Waals surface area contributed by atoms with Crippen molar-refractivity contribution in [3.8, 4) is 10.6 Å². The molecule has 0 saturated carbocycles. The number of carbonyl (C=O) groups is 2. The van der Waals surface area contributed by atoms with Gasteiger partial charge in [-0.05, 0) is 35.7 Å². The summed E-state index contributed by atoms with van der Waals surface area (Å²) < 4.78 is 23.6. The Kier molecular flexibility index (Phi) is 4.72. The normalized spacial score (nSPS) is 16.7. The van der Waals surface area contributed by atoms with E-state index in [1.54, 1.807) is 6.07 Å². The topological polar surface area (TPSA) is 72.6 Å². The van der Waals surface area contributed by atoms with Gasteiger partial charge >= 0.3 is 5.97 Å². The summed E-state index contributed by atoms with van der Waals surface area (Å²) in [5.74, 6) is -0.977. The van der Waals surface area contributed by atoms with Gasteiger partial charge in [-0.2, -0.15) is 0 Å². The Morgan fingerprint density at radius 1 is 1.33 bits per heavy atom. The number of hydrogen-bond donors (Lipinski definition) is 0. The van der Waals surface area contributed by atoms with Gasteiger partial charge in [0.1, 0.15) is 18.1 Å². The minimum atomic E-state index is -0.564. The molecule has 138 valence electrons. The fraction of sp³-hybridized carbons (Fsp3) is 0.211. The summed E-state index contributed by atoms with van der Waals surface area (Å²) in [4.78, 5) is 26.9. The zero-order chi connectivity index (χ0) is 18.8. The summed E-state index contributed by atoms with van der Waals surface area (Å²) in [6.07, 6.45) is 0.0650. The molecule has 3 aromatic rings. The van der Waals surface area contributed by atoms with E-state index in [-0.39, 0.29) is 31.3 Å². The number of amides is 1. The lowest BCUT2D eigenvalue weighted by Gasteiger charge is -2.16. The lowest BCUT2D eigenvalue weighted by atomic mass is 10.1. The number of halogens is 1. The number of hydrogen-bond acceptors (Lipinski definition) is 6. The van der Waals surface area contributed by atoms with Crippen LogP contribution in [0.25, 0.3) is 10.6 Å². The van der Waals surface area contributed by atoms with Gasteiger partial charge in [-0.15, -0.1) is 11.3 Å².